The third-order valence-electron chi connectivity index (χ3n) is 4.10. The normalized spacial score (nSPS) is 15.0. The Hall–Kier alpha value is -2.02. The van der Waals surface area contributed by atoms with Gasteiger partial charge >= 0.3 is 0 Å². The van der Waals surface area contributed by atoms with Crippen molar-refractivity contribution in [3.05, 3.63) is 51.8 Å². The van der Waals surface area contributed by atoms with Gasteiger partial charge < -0.3 is 20.9 Å². The molecule has 3 rings (SSSR count). The number of H-pyrrole nitrogens is 1. The number of hydrogen-bond donors (Lipinski definition) is 4. The number of carbonyl (C=O) groups is 2. The molecular weight excluding hydrogens is 363 g/mol. The van der Waals surface area contributed by atoms with Gasteiger partial charge in [0.1, 0.15) is 0 Å². The molecule has 0 bridgehead atoms. The Bertz CT molecular complexity index is 764. The molecule has 132 valence electrons. The molecule has 0 atom stereocenters. The maximum atomic E-state index is 12.5. The molecule has 1 aromatic heterocycles. The van der Waals surface area contributed by atoms with Crippen molar-refractivity contribution in [3.8, 4) is 0 Å². The summed E-state index contributed by atoms with van der Waals surface area (Å²) in [5, 5.41) is 9.44. The van der Waals surface area contributed by atoms with Gasteiger partial charge in [-0.1, -0.05) is 29.3 Å². The number of rotatable bonds is 4. The average Bonchev–Trinajstić information content (AvgIpc) is 3.04. The lowest BCUT2D eigenvalue weighted by molar-refractivity contribution is 0.0930. The van der Waals surface area contributed by atoms with E-state index in [2.05, 4.69) is 20.9 Å². The second kappa shape index (κ2) is 7.91. The molecule has 0 spiro atoms. The van der Waals surface area contributed by atoms with Crippen LogP contribution in [0.3, 0.4) is 0 Å². The zero-order chi connectivity index (χ0) is 17.8. The van der Waals surface area contributed by atoms with Crippen LogP contribution in [-0.4, -0.2) is 35.9 Å². The van der Waals surface area contributed by atoms with Crippen LogP contribution in [0.4, 0.5) is 5.69 Å². The van der Waals surface area contributed by atoms with Crippen LogP contribution in [0.25, 0.3) is 0 Å². The highest BCUT2D eigenvalue weighted by molar-refractivity contribution is 6.40. The molecule has 8 heteroatoms. The number of anilines is 1. The van der Waals surface area contributed by atoms with Crippen molar-refractivity contribution in [2.24, 2.45) is 0 Å². The van der Waals surface area contributed by atoms with Gasteiger partial charge in [0, 0.05) is 18.4 Å². The van der Waals surface area contributed by atoms with Gasteiger partial charge in [0.2, 0.25) is 0 Å². The average molecular weight is 381 g/mol. The second-order valence-corrected chi connectivity index (χ2v) is 6.65. The summed E-state index contributed by atoms with van der Waals surface area (Å²) in [7, 11) is 0. The molecule has 2 amide bonds. The molecule has 25 heavy (non-hydrogen) atoms. The first-order valence-corrected chi connectivity index (χ1v) is 8.75. The molecule has 0 saturated carbocycles. The monoisotopic (exact) mass is 380 g/mol. The molecular formula is C17H18Cl2N4O2. The number of aromatic amines is 1. The number of piperidine rings is 1. The van der Waals surface area contributed by atoms with Crippen molar-refractivity contribution in [2.75, 3.05) is 18.4 Å². The number of benzene rings is 1. The number of amides is 2. The number of carbonyl (C=O) groups excluding carboxylic acids is 2. The zero-order valence-electron chi connectivity index (χ0n) is 13.4. The highest BCUT2D eigenvalue weighted by atomic mass is 35.5. The third kappa shape index (κ3) is 4.15. The molecule has 0 unspecified atom stereocenters. The smallest absolute Gasteiger partial charge is 0.258 e. The fraction of sp³-hybridized carbons (Fsp3) is 0.294. The molecule has 1 aliphatic rings. The van der Waals surface area contributed by atoms with Gasteiger partial charge in [0.25, 0.3) is 11.8 Å². The quantitative estimate of drug-likeness (QED) is 0.657. The van der Waals surface area contributed by atoms with Crippen molar-refractivity contribution in [3.63, 3.8) is 0 Å². The minimum Gasteiger partial charge on any atom is -0.365 e. The molecule has 2 aromatic rings. The van der Waals surface area contributed by atoms with Crippen LogP contribution in [0.2, 0.25) is 10.0 Å². The summed E-state index contributed by atoms with van der Waals surface area (Å²) in [6.45, 7) is 1.76. The summed E-state index contributed by atoms with van der Waals surface area (Å²) < 4.78 is 0. The van der Waals surface area contributed by atoms with E-state index < -0.39 is 5.91 Å². The van der Waals surface area contributed by atoms with Crippen LogP contribution in [0, 0.1) is 0 Å². The maximum Gasteiger partial charge on any atom is 0.258 e. The van der Waals surface area contributed by atoms with Gasteiger partial charge in [-0.3, -0.25) is 9.59 Å². The van der Waals surface area contributed by atoms with Crippen LogP contribution >= 0.6 is 23.2 Å². The zero-order valence-corrected chi connectivity index (χ0v) is 14.9. The van der Waals surface area contributed by atoms with E-state index in [1.54, 1.807) is 30.6 Å². The van der Waals surface area contributed by atoms with Crippen molar-refractivity contribution in [1.82, 2.24) is 15.6 Å². The largest absolute Gasteiger partial charge is 0.365 e. The van der Waals surface area contributed by atoms with Gasteiger partial charge in [0.15, 0.2) is 0 Å². The van der Waals surface area contributed by atoms with Crippen LogP contribution in [0.15, 0.2) is 30.6 Å². The molecule has 4 N–H and O–H groups in total. The van der Waals surface area contributed by atoms with Crippen LogP contribution < -0.4 is 16.0 Å². The Kier molecular flexibility index (Phi) is 5.63. The van der Waals surface area contributed by atoms with E-state index in [1.807, 2.05) is 0 Å². The third-order valence-corrected chi connectivity index (χ3v) is 4.73. The predicted octanol–water partition coefficient (Wildman–Crippen LogP) is 3.06. The predicted molar refractivity (Wildman–Crippen MR) is 98.6 cm³/mol. The Labute approximate surface area is 155 Å². The highest BCUT2D eigenvalue weighted by Gasteiger charge is 2.21. The first-order valence-electron chi connectivity index (χ1n) is 8.00. The topological polar surface area (TPSA) is 86.0 Å². The number of hydrogen-bond acceptors (Lipinski definition) is 3. The summed E-state index contributed by atoms with van der Waals surface area (Å²) in [5.74, 6) is -0.695. The van der Waals surface area contributed by atoms with Crippen LogP contribution in [-0.2, 0) is 0 Å². The van der Waals surface area contributed by atoms with Crippen molar-refractivity contribution >= 4 is 40.7 Å². The van der Waals surface area contributed by atoms with E-state index in [4.69, 9.17) is 23.2 Å². The van der Waals surface area contributed by atoms with Gasteiger partial charge in [-0.2, -0.15) is 0 Å². The molecule has 1 aliphatic heterocycles. The van der Waals surface area contributed by atoms with E-state index >= 15 is 0 Å². The summed E-state index contributed by atoms with van der Waals surface area (Å²) in [4.78, 5) is 27.8. The van der Waals surface area contributed by atoms with E-state index in [1.165, 1.54) is 0 Å². The Morgan fingerprint density at radius 2 is 1.72 bits per heavy atom. The standard InChI is InChI=1S/C17H18Cl2N4O2/c18-12-2-1-3-13(19)15(12)17(25)23-14-9-21-8-11(14)16(24)22-10-4-6-20-7-5-10/h1-3,8-10,20-21H,4-7H2,(H,22,24)(H,23,25). The van der Waals surface area contributed by atoms with E-state index in [9.17, 15) is 9.59 Å². The van der Waals surface area contributed by atoms with Crippen molar-refractivity contribution in [2.45, 2.75) is 18.9 Å². The van der Waals surface area contributed by atoms with Gasteiger partial charge in [-0.25, -0.2) is 0 Å². The SMILES string of the molecule is O=C(NC1CCNCC1)c1c[nH]cc1NC(=O)c1c(Cl)cccc1Cl. The van der Waals surface area contributed by atoms with E-state index in [0.717, 1.165) is 25.9 Å². The first-order chi connectivity index (χ1) is 12.1. The number of nitrogens with one attached hydrogen (secondary N) is 4. The lowest BCUT2D eigenvalue weighted by Crippen LogP contribution is -2.42. The van der Waals surface area contributed by atoms with Crippen LogP contribution in [0.1, 0.15) is 33.6 Å². The molecule has 0 radical (unpaired) electrons. The van der Waals surface area contributed by atoms with Crippen molar-refractivity contribution in [1.29, 1.82) is 0 Å². The van der Waals surface area contributed by atoms with E-state index in [-0.39, 0.29) is 27.6 Å². The summed E-state index contributed by atoms with van der Waals surface area (Å²) in [6.07, 6.45) is 4.88. The second-order valence-electron chi connectivity index (χ2n) is 5.83. The molecule has 2 heterocycles. The molecule has 1 saturated heterocycles. The molecule has 1 fully saturated rings. The first kappa shape index (κ1) is 17.8. The minimum atomic E-state index is -0.467. The molecule has 0 aliphatic carbocycles. The van der Waals surface area contributed by atoms with Gasteiger partial charge in [0.05, 0.1) is 26.9 Å². The molecule has 6 nitrogen and oxygen atoms in total. The van der Waals surface area contributed by atoms with Crippen LogP contribution in [0.5, 0.6) is 0 Å². The lowest BCUT2D eigenvalue weighted by atomic mass is 10.1. The Morgan fingerprint density at radius 1 is 1.04 bits per heavy atom. The summed E-state index contributed by atoms with van der Waals surface area (Å²) in [6, 6.07) is 4.97. The minimum absolute atomic E-state index is 0.130. The Morgan fingerprint density at radius 3 is 2.40 bits per heavy atom. The fourth-order valence-corrected chi connectivity index (χ4v) is 3.35. The number of aromatic nitrogens is 1. The number of halogens is 2. The maximum absolute atomic E-state index is 12.5. The van der Waals surface area contributed by atoms with Gasteiger partial charge in [-0.15, -0.1) is 0 Å². The van der Waals surface area contributed by atoms with Crippen molar-refractivity contribution < 1.29 is 9.59 Å². The summed E-state index contributed by atoms with van der Waals surface area (Å²) >= 11 is 12.1. The fourth-order valence-electron chi connectivity index (χ4n) is 2.78. The lowest BCUT2D eigenvalue weighted by Gasteiger charge is -2.23. The Balaban J connectivity index is 1.73. The van der Waals surface area contributed by atoms with E-state index in [0.29, 0.717) is 11.3 Å². The molecule has 1 aromatic carbocycles. The highest BCUT2D eigenvalue weighted by Crippen LogP contribution is 2.26. The van der Waals surface area contributed by atoms with Gasteiger partial charge in [-0.05, 0) is 38.1 Å². The summed E-state index contributed by atoms with van der Waals surface area (Å²) in [5.41, 5.74) is 0.930.